The van der Waals surface area contributed by atoms with Gasteiger partial charge in [-0.1, -0.05) is 18.5 Å². The van der Waals surface area contributed by atoms with E-state index in [1.54, 1.807) is 0 Å². The number of hydrogen-bond acceptors (Lipinski definition) is 2. The van der Waals surface area contributed by atoms with Crippen molar-refractivity contribution in [2.24, 2.45) is 5.73 Å². The van der Waals surface area contributed by atoms with Crippen molar-refractivity contribution in [1.82, 2.24) is 0 Å². The van der Waals surface area contributed by atoms with E-state index in [0.717, 1.165) is 28.2 Å². The smallest absolute Gasteiger partial charge is 0.134 e. The van der Waals surface area contributed by atoms with Gasteiger partial charge in [-0.25, -0.2) is 0 Å². The van der Waals surface area contributed by atoms with Crippen molar-refractivity contribution in [3.63, 3.8) is 0 Å². The lowest BCUT2D eigenvalue weighted by atomic mass is 10.2. The molecule has 2 rings (SSSR count). The highest BCUT2D eigenvalue weighted by Crippen LogP contribution is 2.26. The van der Waals surface area contributed by atoms with Crippen LogP contribution in [0.4, 0.5) is 0 Å². The number of furan rings is 1. The molecule has 1 aromatic heterocycles. The Kier molecular flexibility index (Phi) is 2.48. The van der Waals surface area contributed by atoms with Gasteiger partial charge in [-0.3, -0.25) is 0 Å². The Balaban J connectivity index is 2.51. The molecule has 1 heterocycles. The van der Waals surface area contributed by atoms with E-state index in [0.29, 0.717) is 0 Å². The standard InChI is InChI=1S/C11H12ClNO/c1-2-9(13)11-6-7-5-8(12)3-4-10(7)14-11/h3-6,9H,2,13H2,1H3/t9-/m0/s1. The molecule has 3 heteroatoms. The van der Waals surface area contributed by atoms with Crippen LogP contribution in [0.2, 0.25) is 5.02 Å². The van der Waals surface area contributed by atoms with Crippen molar-refractivity contribution in [3.05, 3.63) is 35.0 Å². The minimum atomic E-state index is -0.0267. The van der Waals surface area contributed by atoms with Gasteiger partial charge in [0.25, 0.3) is 0 Å². The Morgan fingerprint density at radius 3 is 2.93 bits per heavy atom. The van der Waals surface area contributed by atoms with E-state index in [4.69, 9.17) is 21.8 Å². The number of nitrogens with two attached hydrogens (primary N) is 1. The number of fused-ring (bicyclic) bond motifs is 1. The van der Waals surface area contributed by atoms with E-state index in [9.17, 15) is 0 Å². The van der Waals surface area contributed by atoms with Gasteiger partial charge in [0.2, 0.25) is 0 Å². The largest absolute Gasteiger partial charge is 0.459 e. The summed E-state index contributed by atoms with van der Waals surface area (Å²) in [6, 6.07) is 7.49. The van der Waals surface area contributed by atoms with Gasteiger partial charge in [0, 0.05) is 10.4 Å². The van der Waals surface area contributed by atoms with Crippen molar-refractivity contribution in [2.45, 2.75) is 19.4 Å². The minimum absolute atomic E-state index is 0.0267. The summed E-state index contributed by atoms with van der Waals surface area (Å²) in [5.74, 6) is 0.824. The van der Waals surface area contributed by atoms with E-state index in [2.05, 4.69) is 0 Å². The fourth-order valence-electron chi connectivity index (χ4n) is 1.42. The number of rotatable bonds is 2. The third kappa shape index (κ3) is 1.63. The number of hydrogen-bond donors (Lipinski definition) is 1. The molecule has 74 valence electrons. The van der Waals surface area contributed by atoms with Crippen LogP contribution in [-0.4, -0.2) is 0 Å². The Morgan fingerprint density at radius 2 is 2.21 bits per heavy atom. The second-order valence-corrected chi connectivity index (χ2v) is 3.78. The van der Waals surface area contributed by atoms with E-state index >= 15 is 0 Å². The van der Waals surface area contributed by atoms with E-state index in [-0.39, 0.29) is 6.04 Å². The molecule has 0 saturated heterocycles. The normalized spacial score (nSPS) is 13.4. The molecule has 0 aliphatic heterocycles. The first kappa shape index (κ1) is 9.56. The maximum Gasteiger partial charge on any atom is 0.134 e. The summed E-state index contributed by atoms with van der Waals surface area (Å²) < 4.78 is 5.59. The monoisotopic (exact) mass is 209 g/mol. The number of benzene rings is 1. The van der Waals surface area contributed by atoms with Gasteiger partial charge in [0.05, 0.1) is 6.04 Å². The Bertz CT molecular complexity index is 449. The summed E-state index contributed by atoms with van der Waals surface area (Å²) in [4.78, 5) is 0. The molecule has 0 bridgehead atoms. The highest BCUT2D eigenvalue weighted by molar-refractivity contribution is 6.31. The van der Waals surface area contributed by atoms with Gasteiger partial charge in [-0.05, 0) is 30.7 Å². The quantitative estimate of drug-likeness (QED) is 0.822. The fraction of sp³-hybridized carbons (Fsp3) is 0.273. The van der Waals surface area contributed by atoms with Crippen molar-refractivity contribution < 1.29 is 4.42 Å². The molecule has 0 aliphatic rings. The molecule has 0 fully saturated rings. The molecule has 0 spiro atoms. The summed E-state index contributed by atoms with van der Waals surface area (Å²) in [6.07, 6.45) is 0.869. The van der Waals surface area contributed by atoms with Crippen LogP contribution in [0.3, 0.4) is 0 Å². The third-order valence-electron chi connectivity index (χ3n) is 2.30. The predicted molar refractivity (Wildman–Crippen MR) is 58.4 cm³/mol. The molecule has 1 atom stereocenters. The van der Waals surface area contributed by atoms with E-state index in [1.165, 1.54) is 0 Å². The lowest BCUT2D eigenvalue weighted by molar-refractivity contribution is 0.488. The van der Waals surface area contributed by atoms with Gasteiger partial charge >= 0.3 is 0 Å². The maximum absolute atomic E-state index is 5.87. The molecule has 0 unspecified atom stereocenters. The van der Waals surface area contributed by atoms with Crippen molar-refractivity contribution in [2.75, 3.05) is 0 Å². The van der Waals surface area contributed by atoms with Gasteiger partial charge in [0.15, 0.2) is 0 Å². The zero-order chi connectivity index (χ0) is 10.1. The van der Waals surface area contributed by atoms with Crippen LogP contribution in [0.1, 0.15) is 25.1 Å². The third-order valence-corrected chi connectivity index (χ3v) is 2.54. The minimum Gasteiger partial charge on any atom is -0.459 e. The first-order valence-corrected chi connectivity index (χ1v) is 5.03. The summed E-state index contributed by atoms with van der Waals surface area (Å²) in [7, 11) is 0. The van der Waals surface area contributed by atoms with Gasteiger partial charge in [0.1, 0.15) is 11.3 Å². The van der Waals surface area contributed by atoms with Gasteiger partial charge < -0.3 is 10.2 Å². The lowest BCUT2D eigenvalue weighted by Crippen LogP contribution is -2.06. The topological polar surface area (TPSA) is 39.2 Å². The molecule has 1 aromatic carbocycles. The van der Waals surface area contributed by atoms with Crippen LogP contribution in [0.5, 0.6) is 0 Å². The molecular weight excluding hydrogens is 198 g/mol. The molecule has 0 amide bonds. The number of halogens is 1. The second-order valence-electron chi connectivity index (χ2n) is 3.35. The van der Waals surface area contributed by atoms with Crippen molar-refractivity contribution in [1.29, 1.82) is 0 Å². The summed E-state index contributed by atoms with van der Waals surface area (Å²) in [6.45, 7) is 2.03. The Labute approximate surface area is 87.6 Å². The van der Waals surface area contributed by atoms with Crippen molar-refractivity contribution >= 4 is 22.6 Å². The van der Waals surface area contributed by atoms with Gasteiger partial charge in [-0.15, -0.1) is 0 Å². The molecular formula is C11H12ClNO. The Hall–Kier alpha value is -0.990. The highest BCUT2D eigenvalue weighted by Gasteiger charge is 2.09. The molecule has 2 aromatic rings. The summed E-state index contributed by atoms with van der Waals surface area (Å²) in [5.41, 5.74) is 6.71. The van der Waals surface area contributed by atoms with Crippen LogP contribution in [-0.2, 0) is 0 Å². The van der Waals surface area contributed by atoms with Crippen LogP contribution >= 0.6 is 11.6 Å². The zero-order valence-electron chi connectivity index (χ0n) is 7.96. The molecule has 14 heavy (non-hydrogen) atoms. The van der Waals surface area contributed by atoms with Crippen LogP contribution < -0.4 is 5.73 Å². The van der Waals surface area contributed by atoms with E-state index in [1.807, 2.05) is 31.2 Å². The van der Waals surface area contributed by atoms with Crippen LogP contribution in [0.15, 0.2) is 28.7 Å². The lowest BCUT2D eigenvalue weighted by Gasteiger charge is -2.02. The van der Waals surface area contributed by atoms with Crippen LogP contribution in [0, 0.1) is 0 Å². The predicted octanol–water partition coefficient (Wildman–Crippen LogP) is 3.50. The summed E-state index contributed by atoms with van der Waals surface area (Å²) >= 11 is 5.87. The first-order chi connectivity index (χ1) is 6.70. The first-order valence-electron chi connectivity index (χ1n) is 4.65. The average Bonchev–Trinajstić information content (AvgIpc) is 2.59. The maximum atomic E-state index is 5.87. The average molecular weight is 210 g/mol. The second kappa shape index (κ2) is 3.64. The molecule has 2 nitrogen and oxygen atoms in total. The molecule has 0 saturated carbocycles. The molecule has 0 radical (unpaired) electrons. The SMILES string of the molecule is CC[C@H](N)c1cc2cc(Cl)ccc2o1. The highest BCUT2D eigenvalue weighted by atomic mass is 35.5. The van der Waals surface area contributed by atoms with Crippen LogP contribution in [0.25, 0.3) is 11.0 Å². The van der Waals surface area contributed by atoms with Crippen molar-refractivity contribution in [3.8, 4) is 0 Å². The van der Waals surface area contributed by atoms with Gasteiger partial charge in [-0.2, -0.15) is 0 Å². The Morgan fingerprint density at radius 1 is 1.43 bits per heavy atom. The zero-order valence-corrected chi connectivity index (χ0v) is 8.71. The molecule has 2 N–H and O–H groups in total. The fourth-order valence-corrected chi connectivity index (χ4v) is 1.60. The van der Waals surface area contributed by atoms with E-state index < -0.39 is 0 Å². The summed E-state index contributed by atoms with van der Waals surface area (Å²) in [5, 5.41) is 1.73. The molecule has 0 aliphatic carbocycles.